The summed E-state index contributed by atoms with van der Waals surface area (Å²) in [6, 6.07) is -0.278. The Morgan fingerprint density at radius 1 is 1.33 bits per heavy atom. The minimum atomic E-state index is -2.93. The van der Waals surface area contributed by atoms with E-state index in [1.165, 1.54) is 6.26 Å². The zero-order chi connectivity index (χ0) is 7.65. The molecule has 9 heavy (non-hydrogen) atoms. The van der Waals surface area contributed by atoms with Crippen LogP contribution in [0.15, 0.2) is 0 Å². The van der Waals surface area contributed by atoms with E-state index in [0.717, 1.165) is 0 Å². The number of rotatable bonds is 2. The van der Waals surface area contributed by atoms with E-state index < -0.39 is 15.1 Å². The van der Waals surface area contributed by atoms with Gasteiger partial charge < -0.3 is 5.73 Å². The van der Waals surface area contributed by atoms with Crippen molar-refractivity contribution in [2.45, 2.75) is 25.1 Å². The fourth-order valence-corrected chi connectivity index (χ4v) is 1.17. The maximum absolute atomic E-state index is 10.7. The van der Waals surface area contributed by atoms with Crippen LogP contribution < -0.4 is 5.73 Å². The summed E-state index contributed by atoms with van der Waals surface area (Å²) >= 11 is 0. The molecule has 0 aliphatic rings. The Bertz CT molecular complexity index is 171. The van der Waals surface area contributed by atoms with E-state index in [0.29, 0.717) is 0 Å². The second-order valence-corrected chi connectivity index (χ2v) is 4.80. The molecular formula is C5H13NO2S. The fraction of sp³-hybridized carbons (Fsp3) is 1.00. The minimum Gasteiger partial charge on any atom is -0.327 e. The van der Waals surface area contributed by atoms with E-state index in [1.54, 1.807) is 13.8 Å². The molecule has 0 radical (unpaired) electrons. The van der Waals surface area contributed by atoms with Gasteiger partial charge in [0.1, 0.15) is 0 Å². The van der Waals surface area contributed by atoms with Gasteiger partial charge in [0.25, 0.3) is 0 Å². The van der Waals surface area contributed by atoms with Gasteiger partial charge >= 0.3 is 0 Å². The second-order valence-electron chi connectivity index (χ2n) is 2.39. The van der Waals surface area contributed by atoms with Crippen molar-refractivity contribution >= 4 is 9.84 Å². The molecule has 0 bridgehead atoms. The first-order valence-electron chi connectivity index (χ1n) is 2.80. The van der Waals surface area contributed by atoms with Gasteiger partial charge in [0.05, 0.1) is 5.25 Å². The van der Waals surface area contributed by atoms with Crippen molar-refractivity contribution in [3.8, 4) is 0 Å². The highest BCUT2D eigenvalue weighted by Gasteiger charge is 2.18. The summed E-state index contributed by atoms with van der Waals surface area (Å²) in [4.78, 5) is 0. The molecule has 56 valence electrons. The number of nitrogens with two attached hydrogens (primary N) is 1. The Kier molecular flexibility index (Phi) is 2.64. The van der Waals surface area contributed by atoms with Gasteiger partial charge in [-0.1, -0.05) is 0 Å². The van der Waals surface area contributed by atoms with E-state index in [-0.39, 0.29) is 6.04 Å². The zero-order valence-electron chi connectivity index (χ0n) is 5.96. The van der Waals surface area contributed by atoms with Crippen molar-refractivity contribution in [1.29, 1.82) is 0 Å². The summed E-state index contributed by atoms with van der Waals surface area (Å²) in [7, 11) is -2.93. The van der Waals surface area contributed by atoms with Gasteiger partial charge in [-0.2, -0.15) is 0 Å². The van der Waals surface area contributed by atoms with Gasteiger partial charge in [0.15, 0.2) is 9.84 Å². The number of hydrogen-bond acceptors (Lipinski definition) is 3. The van der Waals surface area contributed by atoms with Crippen molar-refractivity contribution in [3.05, 3.63) is 0 Å². The molecule has 2 N–H and O–H groups in total. The third-order valence-corrected chi connectivity index (χ3v) is 3.20. The van der Waals surface area contributed by atoms with E-state index in [4.69, 9.17) is 5.73 Å². The maximum Gasteiger partial charge on any atom is 0.151 e. The molecule has 0 amide bonds. The maximum atomic E-state index is 10.7. The summed E-state index contributed by atoms with van der Waals surface area (Å²) < 4.78 is 21.4. The van der Waals surface area contributed by atoms with Gasteiger partial charge in [-0.05, 0) is 13.8 Å². The average Bonchev–Trinajstić information content (AvgIpc) is 1.62. The highest BCUT2D eigenvalue weighted by Crippen LogP contribution is 2.00. The van der Waals surface area contributed by atoms with Gasteiger partial charge in [-0.25, -0.2) is 8.42 Å². The van der Waals surface area contributed by atoms with Gasteiger partial charge in [0.2, 0.25) is 0 Å². The summed E-state index contributed by atoms with van der Waals surface area (Å²) in [5.41, 5.74) is 5.34. The molecule has 4 heteroatoms. The summed E-state index contributed by atoms with van der Waals surface area (Å²) in [5, 5.41) is -0.433. The second kappa shape index (κ2) is 2.66. The molecule has 0 heterocycles. The first kappa shape index (κ1) is 8.91. The Balaban J connectivity index is 4.24. The lowest BCUT2D eigenvalue weighted by Crippen LogP contribution is -2.34. The zero-order valence-corrected chi connectivity index (χ0v) is 6.77. The summed E-state index contributed by atoms with van der Waals surface area (Å²) in [6.07, 6.45) is 1.20. The van der Waals surface area contributed by atoms with Gasteiger partial charge in [-0.3, -0.25) is 0 Å². The van der Waals surface area contributed by atoms with Crippen molar-refractivity contribution in [2.24, 2.45) is 5.73 Å². The topological polar surface area (TPSA) is 60.2 Å². The monoisotopic (exact) mass is 151 g/mol. The Morgan fingerprint density at radius 3 is 1.67 bits per heavy atom. The van der Waals surface area contributed by atoms with Crippen LogP contribution in [-0.4, -0.2) is 26.0 Å². The molecule has 0 aliphatic carbocycles. The quantitative estimate of drug-likeness (QED) is 0.593. The molecular weight excluding hydrogens is 138 g/mol. The average molecular weight is 151 g/mol. The van der Waals surface area contributed by atoms with Gasteiger partial charge in [0, 0.05) is 12.3 Å². The number of sulfone groups is 1. The first-order valence-corrected chi connectivity index (χ1v) is 4.75. The lowest BCUT2D eigenvalue weighted by atomic mass is 10.3. The molecule has 2 atom stereocenters. The van der Waals surface area contributed by atoms with Crippen LogP contribution in [0.5, 0.6) is 0 Å². The molecule has 0 aromatic rings. The van der Waals surface area contributed by atoms with Gasteiger partial charge in [-0.15, -0.1) is 0 Å². The highest BCUT2D eigenvalue weighted by molar-refractivity contribution is 7.91. The molecule has 0 aliphatic heterocycles. The molecule has 0 spiro atoms. The lowest BCUT2D eigenvalue weighted by Gasteiger charge is -2.11. The van der Waals surface area contributed by atoms with Crippen LogP contribution in [0.4, 0.5) is 0 Å². The van der Waals surface area contributed by atoms with Crippen molar-refractivity contribution < 1.29 is 8.42 Å². The predicted molar refractivity (Wildman–Crippen MR) is 38.0 cm³/mol. The summed E-state index contributed by atoms with van der Waals surface area (Å²) in [5.74, 6) is 0. The molecule has 3 nitrogen and oxygen atoms in total. The lowest BCUT2D eigenvalue weighted by molar-refractivity contribution is 0.574. The molecule has 1 unspecified atom stereocenters. The third-order valence-electron chi connectivity index (χ3n) is 1.42. The summed E-state index contributed by atoms with van der Waals surface area (Å²) in [6.45, 7) is 3.30. The van der Waals surface area contributed by atoms with Crippen LogP contribution in [0.25, 0.3) is 0 Å². The van der Waals surface area contributed by atoms with E-state index in [1.807, 2.05) is 0 Å². The van der Waals surface area contributed by atoms with E-state index >= 15 is 0 Å². The van der Waals surface area contributed by atoms with Crippen molar-refractivity contribution in [3.63, 3.8) is 0 Å². The van der Waals surface area contributed by atoms with E-state index in [9.17, 15) is 8.42 Å². The minimum absolute atomic E-state index is 0.278. The Morgan fingerprint density at radius 2 is 1.67 bits per heavy atom. The molecule has 0 rings (SSSR count). The Hall–Kier alpha value is -0.0900. The van der Waals surface area contributed by atoms with Crippen LogP contribution >= 0.6 is 0 Å². The fourth-order valence-electron chi connectivity index (χ4n) is 0.390. The third kappa shape index (κ3) is 2.81. The van der Waals surface area contributed by atoms with Crippen LogP contribution in [0.2, 0.25) is 0 Å². The largest absolute Gasteiger partial charge is 0.327 e. The molecule has 0 aromatic carbocycles. The molecule has 0 saturated heterocycles. The standard InChI is InChI=1S/C5H13NO2S/c1-4(6)5(2)9(3,7)8/h4-5H,6H2,1-3H3/t4?,5-/m1/s1. The molecule has 0 aromatic heterocycles. The first-order chi connectivity index (χ1) is 3.85. The van der Waals surface area contributed by atoms with Crippen LogP contribution in [0, 0.1) is 0 Å². The van der Waals surface area contributed by atoms with E-state index in [2.05, 4.69) is 0 Å². The van der Waals surface area contributed by atoms with Crippen molar-refractivity contribution in [1.82, 2.24) is 0 Å². The van der Waals surface area contributed by atoms with Crippen LogP contribution in [0.3, 0.4) is 0 Å². The van der Waals surface area contributed by atoms with Crippen LogP contribution in [0.1, 0.15) is 13.8 Å². The smallest absolute Gasteiger partial charge is 0.151 e. The number of hydrogen-bond donors (Lipinski definition) is 1. The molecule has 0 fully saturated rings. The van der Waals surface area contributed by atoms with Crippen molar-refractivity contribution in [2.75, 3.05) is 6.26 Å². The highest BCUT2D eigenvalue weighted by atomic mass is 32.2. The normalized spacial score (nSPS) is 19.1. The Labute approximate surface area is 56.2 Å². The van der Waals surface area contributed by atoms with Crippen LogP contribution in [-0.2, 0) is 9.84 Å². The SMILES string of the molecule is CC(N)[C@@H](C)S(C)(=O)=O. The predicted octanol–water partition coefficient (Wildman–Crippen LogP) is -0.233. The molecule has 0 saturated carbocycles.